The summed E-state index contributed by atoms with van der Waals surface area (Å²) < 4.78 is 5.71. The molecule has 26 heavy (non-hydrogen) atoms. The molecule has 2 aliphatic rings. The summed E-state index contributed by atoms with van der Waals surface area (Å²) >= 11 is 0. The van der Waals surface area contributed by atoms with Crippen molar-refractivity contribution in [3.8, 4) is 5.75 Å². The Labute approximate surface area is 156 Å². The maximum Gasteiger partial charge on any atom is 0.225 e. The lowest BCUT2D eigenvalue weighted by atomic mass is 10.1. The highest BCUT2D eigenvalue weighted by molar-refractivity contribution is 5.80. The van der Waals surface area contributed by atoms with Crippen molar-refractivity contribution in [2.45, 2.75) is 45.4 Å². The first kappa shape index (κ1) is 18.7. The molecule has 2 fully saturated rings. The van der Waals surface area contributed by atoms with Crippen LogP contribution in [0.4, 0.5) is 0 Å². The molecule has 1 heterocycles. The number of carbonyl (C=O) groups excluding carboxylic acids is 2. The molecule has 5 nitrogen and oxygen atoms in total. The molecular weight excluding hydrogens is 328 g/mol. The van der Waals surface area contributed by atoms with Gasteiger partial charge in [-0.2, -0.15) is 0 Å². The minimum absolute atomic E-state index is 0.172. The first-order valence-corrected chi connectivity index (χ1v) is 9.89. The lowest BCUT2D eigenvalue weighted by Gasteiger charge is -2.36. The van der Waals surface area contributed by atoms with Gasteiger partial charge in [0.25, 0.3) is 0 Å². The van der Waals surface area contributed by atoms with Gasteiger partial charge in [-0.05, 0) is 43.9 Å². The molecule has 0 bridgehead atoms. The fourth-order valence-electron chi connectivity index (χ4n) is 3.88. The summed E-state index contributed by atoms with van der Waals surface area (Å²) in [6.07, 6.45) is 5.66. The van der Waals surface area contributed by atoms with Crippen LogP contribution in [-0.4, -0.2) is 54.4 Å². The van der Waals surface area contributed by atoms with Crippen LogP contribution in [0.3, 0.4) is 0 Å². The zero-order valence-corrected chi connectivity index (χ0v) is 15.8. The second-order valence-electron chi connectivity index (χ2n) is 7.46. The summed E-state index contributed by atoms with van der Waals surface area (Å²) in [5, 5.41) is 0. The van der Waals surface area contributed by atoms with Crippen LogP contribution in [0, 0.1) is 12.8 Å². The van der Waals surface area contributed by atoms with Gasteiger partial charge in [-0.25, -0.2) is 0 Å². The van der Waals surface area contributed by atoms with Crippen LogP contribution in [0.5, 0.6) is 5.75 Å². The van der Waals surface area contributed by atoms with E-state index >= 15 is 0 Å². The van der Waals surface area contributed by atoms with Gasteiger partial charge in [0.15, 0.2) is 0 Å². The Kier molecular flexibility index (Phi) is 6.53. The van der Waals surface area contributed by atoms with Gasteiger partial charge in [0, 0.05) is 38.5 Å². The number of ether oxygens (including phenoxy) is 1. The van der Waals surface area contributed by atoms with E-state index in [4.69, 9.17) is 4.74 Å². The van der Waals surface area contributed by atoms with E-state index in [1.54, 1.807) is 0 Å². The molecule has 1 saturated carbocycles. The van der Waals surface area contributed by atoms with E-state index in [1.807, 2.05) is 41.0 Å². The van der Waals surface area contributed by atoms with E-state index in [1.165, 1.54) is 18.4 Å². The zero-order valence-electron chi connectivity index (χ0n) is 15.8. The molecular formula is C21H30N2O3. The number of hydrogen-bond acceptors (Lipinski definition) is 3. The van der Waals surface area contributed by atoms with Gasteiger partial charge in [0.2, 0.25) is 11.8 Å². The predicted octanol–water partition coefficient (Wildman–Crippen LogP) is 3.02. The standard InChI is InChI=1S/C21H30N2O3/c1-17-6-4-9-19(16-17)26-15-5-10-20(24)22-11-13-23(14-12-22)21(25)18-7-2-3-8-18/h4,6,9,16,18H,2-3,5,7-8,10-15H2,1H3. The molecule has 1 saturated heterocycles. The minimum atomic E-state index is 0.172. The van der Waals surface area contributed by atoms with E-state index in [0.29, 0.717) is 51.5 Å². The minimum Gasteiger partial charge on any atom is -0.494 e. The van der Waals surface area contributed by atoms with Crippen LogP contribution in [0.15, 0.2) is 24.3 Å². The number of nitrogens with zero attached hydrogens (tertiary/aromatic N) is 2. The summed E-state index contributed by atoms with van der Waals surface area (Å²) in [5.74, 6) is 1.57. The maximum absolute atomic E-state index is 12.5. The van der Waals surface area contributed by atoms with Crippen molar-refractivity contribution in [1.82, 2.24) is 9.80 Å². The number of piperazine rings is 1. The largest absolute Gasteiger partial charge is 0.494 e. The maximum atomic E-state index is 12.5. The van der Waals surface area contributed by atoms with E-state index in [-0.39, 0.29) is 11.8 Å². The topological polar surface area (TPSA) is 49.9 Å². The van der Waals surface area contributed by atoms with Crippen molar-refractivity contribution in [3.63, 3.8) is 0 Å². The van der Waals surface area contributed by atoms with Crippen molar-refractivity contribution in [3.05, 3.63) is 29.8 Å². The van der Waals surface area contributed by atoms with Crippen LogP contribution >= 0.6 is 0 Å². The Hall–Kier alpha value is -2.04. The third-order valence-corrected chi connectivity index (χ3v) is 5.44. The highest BCUT2D eigenvalue weighted by Crippen LogP contribution is 2.27. The molecule has 1 aliphatic carbocycles. The molecule has 0 radical (unpaired) electrons. The molecule has 0 aromatic heterocycles. The third kappa shape index (κ3) is 4.99. The second kappa shape index (κ2) is 9.06. The van der Waals surface area contributed by atoms with Crippen LogP contribution < -0.4 is 4.74 Å². The second-order valence-corrected chi connectivity index (χ2v) is 7.46. The van der Waals surface area contributed by atoms with Crippen LogP contribution in [-0.2, 0) is 9.59 Å². The molecule has 0 spiro atoms. The van der Waals surface area contributed by atoms with Crippen molar-refractivity contribution < 1.29 is 14.3 Å². The lowest BCUT2D eigenvalue weighted by Crippen LogP contribution is -2.51. The van der Waals surface area contributed by atoms with Gasteiger partial charge >= 0.3 is 0 Å². The number of carbonyl (C=O) groups is 2. The molecule has 1 aliphatic heterocycles. The number of rotatable bonds is 6. The SMILES string of the molecule is Cc1cccc(OCCCC(=O)N2CCN(C(=O)C3CCCC3)CC2)c1. The molecule has 142 valence electrons. The van der Waals surface area contributed by atoms with Gasteiger partial charge in [-0.15, -0.1) is 0 Å². The third-order valence-electron chi connectivity index (χ3n) is 5.44. The highest BCUT2D eigenvalue weighted by Gasteiger charge is 2.30. The smallest absolute Gasteiger partial charge is 0.225 e. The van der Waals surface area contributed by atoms with Crippen molar-refractivity contribution in [2.24, 2.45) is 5.92 Å². The number of aryl methyl sites for hydroxylation is 1. The number of amides is 2. The Morgan fingerprint density at radius 1 is 1.08 bits per heavy atom. The Bertz CT molecular complexity index is 617. The molecule has 2 amide bonds. The molecule has 0 unspecified atom stereocenters. The molecule has 3 rings (SSSR count). The Morgan fingerprint density at radius 2 is 1.77 bits per heavy atom. The summed E-state index contributed by atoms with van der Waals surface area (Å²) in [6.45, 7) is 5.27. The van der Waals surface area contributed by atoms with Gasteiger partial charge < -0.3 is 14.5 Å². The molecule has 0 atom stereocenters. The van der Waals surface area contributed by atoms with Gasteiger partial charge in [-0.1, -0.05) is 25.0 Å². The fraction of sp³-hybridized carbons (Fsp3) is 0.619. The molecule has 5 heteroatoms. The average Bonchev–Trinajstić information content (AvgIpc) is 3.19. The van der Waals surface area contributed by atoms with E-state index in [9.17, 15) is 9.59 Å². The highest BCUT2D eigenvalue weighted by atomic mass is 16.5. The first-order chi connectivity index (χ1) is 12.6. The van der Waals surface area contributed by atoms with E-state index in [2.05, 4.69) is 0 Å². The average molecular weight is 358 g/mol. The van der Waals surface area contributed by atoms with Crippen LogP contribution in [0.25, 0.3) is 0 Å². The predicted molar refractivity (Wildman–Crippen MR) is 101 cm³/mol. The summed E-state index contributed by atoms with van der Waals surface area (Å²) in [5.41, 5.74) is 1.17. The van der Waals surface area contributed by atoms with Gasteiger partial charge in [-0.3, -0.25) is 9.59 Å². The first-order valence-electron chi connectivity index (χ1n) is 9.89. The van der Waals surface area contributed by atoms with Crippen molar-refractivity contribution >= 4 is 11.8 Å². The quantitative estimate of drug-likeness (QED) is 0.735. The molecule has 0 N–H and O–H groups in total. The van der Waals surface area contributed by atoms with Gasteiger partial charge in [0.1, 0.15) is 5.75 Å². The van der Waals surface area contributed by atoms with Crippen LogP contribution in [0.2, 0.25) is 0 Å². The zero-order chi connectivity index (χ0) is 18.4. The molecule has 1 aromatic rings. The van der Waals surface area contributed by atoms with Crippen molar-refractivity contribution in [2.75, 3.05) is 32.8 Å². The van der Waals surface area contributed by atoms with Crippen molar-refractivity contribution in [1.29, 1.82) is 0 Å². The number of benzene rings is 1. The summed E-state index contributed by atoms with van der Waals surface area (Å²) in [6, 6.07) is 7.95. The number of hydrogen-bond donors (Lipinski definition) is 0. The Morgan fingerprint density at radius 3 is 2.46 bits per heavy atom. The van der Waals surface area contributed by atoms with Gasteiger partial charge in [0.05, 0.1) is 6.61 Å². The van der Waals surface area contributed by atoms with E-state index < -0.39 is 0 Å². The summed E-state index contributed by atoms with van der Waals surface area (Å²) in [4.78, 5) is 28.7. The summed E-state index contributed by atoms with van der Waals surface area (Å²) in [7, 11) is 0. The normalized spacial score (nSPS) is 18.2. The Balaban J connectivity index is 1.34. The van der Waals surface area contributed by atoms with Crippen LogP contribution in [0.1, 0.15) is 44.1 Å². The van der Waals surface area contributed by atoms with E-state index in [0.717, 1.165) is 18.6 Å². The molecule has 1 aromatic carbocycles. The lowest BCUT2D eigenvalue weighted by molar-refractivity contribution is -0.142. The fourth-order valence-corrected chi connectivity index (χ4v) is 3.88. The monoisotopic (exact) mass is 358 g/mol.